The van der Waals surface area contributed by atoms with Crippen LogP contribution in [0.15, 0.2) is 76.3 Å². The summed E-state index contributed by atoms with van der Waals surface area (Å²) in [5.74, 6) is 0.819. The van der Waals surface area contributed by atoms with Gasteiger partial charge in [-0.15, -0.1) is 0 Å². The van der Waals surface area contributed by atoms with E-state index in [-0.39, 0.29) is 5.69 Å². The number of furan rings is 1. The second-order valence-corrected chi connectivity index (χ2v) is 7.06. The zero-order valence-corrected chi connectivity index (χ0v) is 16.4. The van der Waals surface area contributed by atoms with Gasteiger partial charge in [-0.2, -0.15) is 5.10 Å². The van der Waals surface area contributed by atoms with E-state index in [1.54, 1.807) is 24.0 Å². The van der Waals surface area contributed by atoms with E-state index in [0.29, 0.717) is 18.7 Å². The van der Waals surface area contributed by atoms with Gasteiger partial charge in [-0.25, -0.2) is 14.3 Å². The molecular formula is C23H20N4O3. The molecule has 7 heteroatoms. The highest BCUT2D eigenvalue weighted by atomic mass is 16.5. The molecule has 3 aromatic heterocycles. The highest BCUT2D eigenvalue weighted by Crippen LogP contribution is 2.32. The van der Waals surface area contributed by atoms with Crippen LogP contribution < -0.4 is 15.7 Å². The first-order valence-corrected chi connectivity index (χ1v) is 9.62. The van der Waals surface area contributed by atoms with Crippen molar-refractivity contribution in [2.75, 3.05) is 7.11 Å². The molecule has 0 aliphatic carbocycles. The lowest BCUT2D eigenvalue weighted by molar-refractivity contribution is 0.407. The van der Waals surface area contributed by atoms with Crippen molar-refractivity contribution in [3.63, 3.8) is 0 Å². The van der Waals surface area contributed by atoms with Gasteiger partial charge in [-0.1, -0.05) is 24.3 Å². The third-order valence-electron chi connectivity index (χ3n) is 5.22. The average Bonchev–Trinajstić information content (AvgIpc) is 3.43. The number of fused-ring (bicyclic) bond motifs is 3. The summed E-state index contributed by atoms with van der Waals surface area (Å²) in [6.45, 7) is 1.35. The molecule has 5 aromatic rings. The lowest BCUT2D eigenvalue weighted by atomic mass is 9.98. The fourth-order valence-corrected chi connectivity index (χ4v) is 3.80. The number of hydrogen-bond donors (Lipinski definition) is 2. The first-order valence-electron chi connectivity index (χ1n) is 9.62. The van der Waals surface area contributed by atoms with Crippen LogP contribution in [0.3, 0.4) is 0 Å². The number of ether oxygens (including phenoxy) is 1. The van der Waals surface area contributed by atoms with Crippen LogP contribution in [0.1, 0.15) is 11.1 Å². The second kappa shape index (κ2) is 7.53. The lowest BCUT2D eigenvalue weighted by Crippen LogP contribution is -2.13. The van der Waals surface area contributed by atoms with Crippen LogP contribution in [0.4, 0.5) is 0 Å². The topological polar surface area (TPSA) is 84.6 Å². The van der Waals surface area contributed by atoms with E-state index in [0.717, 1.165) is 38.9 Å². The Morgan fingerprint density at radius 2 is 2.03 bits per heavy atom. The van der Waals surface area contributed by atoms with Gasteiger partial charge in [-0.05, 0) is 41.5 Å². The van der Waals surface area contributed by atoms with Gasteiger partial charge in [-0.3, -0.25) is 0 Å². The van der Waals surface area contributed by atoms with E-state index in [4.69, 9.17) is 9.15 Å². The summed E-state index contributed by atoms with van der Waals surface area (Å²) in [7, 11) is 1.67. The number of methoxy groups -OCH3 is 1. The highest BCUT2D eigenvalue weighted by molar-refractivity contribution is 5.97. The molecule has 0 saturated carbocycles. The number of rotatable bonds is 6. The predicted molar refractivity (Wildman–Crippen MR) is 115 cm³/mol. The van der Waals surface area contributed by atoms with Gasteiger partial charge in [0.05, 0.1) is 25.2 Å². The van der Waals surface area contributed by atoms with E-state index in [1.165, 1.54) is 0 Å². The summed E-state index contributed by atoms with van der Waals surface area (Å²) >= 11 is 0. The Labute approximate surface area is 171 Å². The molecule has 0 amide bonds. The van der Waals surface area contributed by atoms with Crippen LogP contribution in [0, 0.1) is 0 Å². The molecule has 7 nitrogen and oxygen atoms in total. The van der Waals surface area contributed by atoms with Crippen molar-refractivity contribution in [2.45, 2.75) is 13.1 Å². The number of aromatic amines is 1. The first kappa shape index (κ1) is 18.2. The van der Waals surface area contributed by atoms with E-state index in [2.05, 4.69) is 21.6 Å². The Hall–Kier alpha value is -3.84. The van der Waals surface area contributed by atoms with E-state index in [9.17, 15) is 4.79 Å². The largest absolute Gasteiger partial charge is 0.496 e. The molecule has 0 fully saturated rings. The first-order chi connectivity index (χ1) is 14.7. The maximum atomic E-state index is 12.2. The Bertz CT molecular complexity index is 1380. The third-order valence-corrected chi connectivity index (χ3v) is 5.22. The van der Waals surface area contributed by atoms with Gasteiger partial charge < -0.3 is 14.5 Å². The summed E-state index contributed by atoms with van der Waals surface area (Å²) in [4.78, 5) is 12.2. The number of para-hydroxylation sites is 1. The number of hydrogen-bond acceptors (Lipinski definition) is 5. The SMILES string of the molecule is COc1ccc(-c2cc3n[nH]c(=O)n3c3ccccc23)cc1CNCc1ccoc1. The molecule has 5 rings (SSSR count). The summed E-state index contributed by atoms with van der Waals surface area (Å²) < 4.78 is 12.3. The fourth-order valence-electron chi connectivity index (χ4n) is 3.80. The zero-order valence-electron chi connectivity index (χ0n) is 16.4. The molecule has 0 spiro atoms. The number of aromatic nitrogens is 3. The smallest absolute Gasteiger partial charge is 0.348 e. The van der Waals surface area contributed by atoms with Gasteiger partial charge in [0, 0.05) is 29.6 Å². The van der Waals surface area contributed by atoms with Crippen molar-refractivity contribution in [3.8, 4) is 16.9 Å². The van der Waals surface area contributed by atoms with Crippen molar-refractivity contribution in [2.24, 2.45) is 0 Å². The Kier molecular flexibility index (Phi) is 4.57. The van der Waals surface area contributed by atoms with Crippen LogP contribution in [-0.2, 0) is 13.1 Å². The molecule has 2 aromatic carbocycles. The summed E-state index contributed by atoms with van der Waals surface area (Å²) in [6.07, 6.45) is 3.40. The van der Waals surface area contributed by atoms with Crippen molar-refractivity contribution < 1.29 is 9.15 Å². The molecule has 0 atom stereocenters. The standard InChI is InChI=1S/C23H20N4O3/c1-29-21-7-6-16(10-17(21)13-24-12-15-8-9-30-14-15)19-11-22-25-26-23(28)27(22)20-5-3-2-4-18(19)20/h2-11,14,24H,12-13H2,1H3,(H,26,28). The predicted octanol–water partition coefficient (Wildman–Crippen LogP) is 3.73. The number of nitrogens with zero attached hydrogens (tertiary/aromatic N) is 2. The molecule has 0 aliphatic heterocycles. The van der Waals surface area contributed by atoms with Crippen molar-refractivity contribution in [3.05, 3.63) is 88.7 Å². The number of benzene rings is 2. The molecular weight excluding hydrogens is 380 g/mol. The van der Waals surface area contributed by atoms with Crippen LogP contribution in [-0.4, -0.2) is 21.7 Å². The van der Waals surface area contributed by atoms with E-state index < -0.39 is 0 Å². The van der Waals surface area contributed by atoms with E-state index >= 15 is 0 Å². The summed E-state index contributed by atoms with van der Waals surface area (Å²) in [5.41, 5.74) is 5.34. The number of H-pyrrole nitrogens is 1. The average molecular weight is 400 g/mol. The molecule has 150 valence electrons. The number of pyridine rings is 1. The summed E-state index contributed by atoms with van der Waals surface area (Å²) in [5, 5.41) is 11.1. The van der Waals surface area contributed by atoms with Crippen LogP contribution in [0.2, 0.25) is 0 Å². The second-order valence-electron chi connectivity index (χ2n) is 7.06. The van der Waals surface area contributed by atoms with Gasteiger partial charge in [0.15, 0.2) is 5.65 Å². The highest BCUT2D eigenvalue weighted by Gasteiger charge is 2.13. The molecule has 0 radical (unpaired) electrons. The minimum Gasteiger partial charge on any atom is -0.496 e. The van der Waals surface area contributed by atoms with Gasteiger partial charge in [0.1, 0.15) is 5.75 Å². The van der Waals surface area contributed by atoms with Gasteiger partial charge >= 0.3 is 5.69 Å². The molecule has 2 N–H and O–H groups in total. The van der Waals surface area contributed by atoms with Crippen molar-refractivity contribution in [1.29, 1.82) is 0 Å². The molecule has 3 heterocycles. The van der Waals surface area contributed by atoms with Crippen LogP contribution >= 0.6 is 0 Å². The molecule has 0 unspecified atom stereocenters. The zero-order chi connectivity index (χ0) is 20.5. The van der Waals surface area contributed by atoms with Crippen LogP contribution in [0.25, 0.3) is 27.7 Å². The molecule has 0 aliphatic rings. The van der Waals surface area contributed by atoms with Crippen molar-refractivity contribution in [1.82, 2.24) is 19.9 Å². The maximum Gasteiger partial charge on any atom is 0.348 e. The summed E-state index contributed by atoms with van der Waals surface area (Å²) in [6, 6.07) is 17.8. The Morgan fingerprint density at radius 1 is 1.13 bits per heavy atom. The maximum absolute atomic E-state index is 12.2. The molecule has 0 bridgehead atoms. The van der Waals surface area contributed by atoms with Crippen LogP contribution in [0.5, 0.6) is 5.75 Å². The quantitative estimate of drug-likeness (QED) is 0.454. The fraction of sp³-hybridized carbons (Fsp3) is 0.130. The molecule has 30 heavy (non-hydrogen) atoms. The number of nitrogens with one attached hydrogen (secondary N) is 2. The monoisotopic (exact) mass is 400 g/mol. The lowest BCUT2D eigenvalue weighted by Gasteiger charge is -2.13. The normalized spacial score (nSPS) is 11.4. The van der Waals surface area contributed by atoms with Gasteiger partial charge in [0.25, 0.3) is 0 Å². The molecule has 0 saturated heterocycles. The Morgan fingerprint density at radius 3 is 2.87 bits per heavy atom. The minimum absolute atomic E-state index is 0.244. The van der Waals surface area contributed by atoms with Crippen molar-refractivity contribution >= 4 is 16.6 Å². The van der Waals surface area contributed by atoms with Gasteiger partial charge in [0.2, 0.25) is 0 Å². The Balaban J connectivity index is 1.58. The van der Waals surface area contributed by atoms with E-state index in [1.807, 2.05) is 48.5 Å². The third kappa shape index (κ3) is 3.15. The minimum atomic E-state index is -0.244.